The Hall–Kier alpha value is -1.75. The predicted octanol–water partition coefficient (Wildman–Crippen LogP) is 2.16. The number of nitrogens with one attached hydrogen (secondary N) is 1. The monoisotopic (exact) mass is 319 g/mol. The van der Waals surface area contributed by atoms with Gasteiger partial charge in [0, 0.05) is 31.4 Å². The van der Waals surface area contributed by atoms with Gasteiger partial charge in [-0.25, -0.2) is 0 Å². The first-order valence-corrected chi connectivity index (χ1v) is 8.42. The number of nitrogens with two attached hydrogens (primary N) is 1. The Bertz CT molecular complexity index is 531. The van der Waals surface area contributed by atoms with Crippen LogP contribution in [0.5, 0.6) is 5.75 Å². The number of methoxy groups -OCH3 is 1. The van der Waals surface area contributed by atoms with Crippen molar-refractivity contribution >= 4 is 11.6 Å². The van der Waals surface area contributed by atoms with Gasteiger partial charge in [-0.2, -0.15) is 0 Å². The summed E-state index contributed by atoms with van der Waals surface area (Å²) >= 11 is 0. The van der Waals surface area contributed by atoms with E-state index in [2.05, 4.69) is 22.3 Å². The largest absolute Gasteiger partial charge is 0.497 e. The summed E-state index contributed by atoms with van der Waals surface area (Å²) < 4.78 is 5.28. The molecule has 0 saturated carbocycles. The molecule has 23 heavy (non-hydrogen) atoms. The summed E-state index contributed by atoms with van der Waals surface area (Å²) in [5.74, 6) is 1.29. The number of amides is 1. The molecule has 0 aliphatic carbocycles. The molecular weight excluding hydrogens is 290 g/mol. The van der Waals surface area contributed by atoms with Crippen LogP contribution in [-0.4, -0.2) is 38.2 Å². The maximum Gasteiger partial charge on any atom is 0.239 e. The molecule has 1 aromatic carbocycles. The Labute approximate surface area is 139 Å². The molecule has 1 amide bonds. The molecule has 0 spiro atoms. The first-order chi connectivity index (χ1) is 11.0. The number of ether oxygens (including phenoxy) is 1. The van der Waals surface area contributed by atoms with Gasteiger partial charge in [0.1, 0.15) is 5.75 Å². The Balaban J connectivity index is 1.85. The smallest absolute Gasteiger partial charge is 0.239 e. The average Bonchev–Trinajstić information content (AvgIpc) is 3.01. The molecular formula is C18H29N3O2. The molecule has 2 rings (SSSR count). The van der Waals surface area contributed by atoms with Gasteiger partial charge in [0.25, 0.3) is 0 Å². The number of anilines is 1. The van der Waals surface area contributed by atoms with Gasteiger partial charge < -0.3 is 20.7 Å². The quantitative estimate of drug-likeness (QED) is 0.808. The van der Waals surface area contributed by atoms with Crippen LogP contribution in [0.2, 0.25) is 0 Å². The van der Waals surface area contributed by atoms with Crippen LogP contribution >= 0.6 is 0 Å². The second kappa shape index (κ2) is 7.68. The molecule has 2 atom stereocenters. The molecule has 5 nitrogen and oxygen atoms in total. The van der Waals surface area contributed by atoms with Crippen molar-refractivity contribution in [3.05, 3.63) is 24.3 Å². The van der Waals surface area contributed by atoms with Crippen molar-refractivity contribution in [3.63, 3.8) is 0 Å². The van der Waals surface area contributed by atoms with Crippen LogP contribution in [0.1, 0.15) is 33.1 Å². The summed E-state index contributed by atoms with van der Waals surface area (Å²) in [4.78, 5) is 14.5. The fourth-order valence-corrected chi connectivity index (χ4v) is 3.11. The van der Waals surface area contributed by atoms with E-state index in [0.717, 1.165) is 31.7 Å². The van der Waals surface area contributed by atoms with Crippen LogP contribution < -0.4 is 20.7 Å². The molecule has 1 heterocycles. The van der Waals surface area contributed by atoms with Crippen LogP contribution in [0.4, 0.5) is 5.69 Å². The molecule has 1 fully saturated rings. The minimum absolute atomic E-state index is 0.0424. The van der Waals surface area contributed by atoms with Crippen molar-refractivity contribution in [1.82, 2.24) is 5.32 Å². The number of hydrogen-bond acceptors (Lipinski definition) is 4. The fourth-order valence-electron chi connectivity index (χ4n) is 3.11. The first-order valence-electron chi connectivity index (χ1n) is 8.42. The number of hydrogen-bond donors (Lipinski definition) is 2. The highest BCUT2D eigenvalue weighted by molar-refractivity contribution is 5.85. The zero-order valence-electron chi connectivity index (χ0n) is 14.5. The van der Waals surface area contributed by atoms with Gasteiger partial charge in [-0.15, -0.1) is 0 Å². The van der Waals surface area contributed by atoms with Crippen molar-refractivity contribution in [3.8, 4) is 5.75 Å². The summed E-state index contributed by atoms with van der Waals surface area (Å²) in [5, 5.41) is 3.03. The average molecular weight is 319 g/mol. The van der Waals surface area contributed by atoms with E-state index in [-0.39, 0.29) is 5.91 Å². The third kappa shape index (κ3) is 4.61. The molecule has 0 bridgehead atoms. The Morgan fingerprint density at radius 3 is 3.00 bits per heavy atom. The molecule has 1 aliphatic rings. The van der Waals surface area contributed by atoms with E-state index in [1.807, 2.05) is 26.0 Å². The van der Waals surface area contributed by atoms with Crippen LogP contribution in [0.3, 0.4) is 0 Å². The highest BCUT2D eigenvalue weighted by Crippen LogP contribution is 2.26. The Morgan fingerprint density at radius 1 is 1.52 bits per heavy atom. The Kier molecular flexibility index (Phi) is 5.88. The molecule has 1 aromatic rings. The Morgan fingerprint density at radius 2 is 2.30 bits per heavy atom. The summed E-state index contributed by atoms with van der Waals surface area (Å²) in [6.07, 6.45) is 2.69. The van der Waals surface area contributed by atoms with Crippen molar-refractivity contribution in [1.29, 1.82) is 0 Å². The lowest BCUT2D eigenvalue weighted by Gasteiger charge is -2.24. The van der Waals surface area contributed by atoms with E-state index >= 15 is 0 Å². The van der Waals surface area contributed by atoms with Crippen LogP contribution in [-0.2, 0) is 4.79 Å². The molecule has 3 N–H and O–H groups in total. The predicted molar refractivity (Wildman–Crippen MR) is 93.8 cm³/mol. The highest BCUT2D eigenvalue weighted by atomic mass is 16.5. The van der Waals surface area contributed by atoms with Crippen molar-refractivity contribution in [2.45, 2.75) is 38.6 Å². The number of rotatable bonds is 7. The van der Waals surface area contributed by atoms with Crippen LogP contribution in [0.15, 0.2) is 24.3 Å². The van der Waals surface area contributed by atoms with Crippen molar-refractivity contribution in [2.24, 2.45) is 11.7 Å². The second-order valence-electron chi connectivity index (χ2n) is 6.68. The van der Waals surface area contributed by atoms with Gasteiger partial charge in [-0.05, 0) is 37.8 Å². The normalized spacial score (nSPS) is 20.2. The van der Waals surface area contributed by atoms with Gasteiger partial charge in [-0.1, -0.05) is 19.4 Å². The summed E-state index contributed by atoms with van der Waals surface area (Å²) in [6, 6.07) is 8.11. The summed E-state index contributed by atoms with van der Waals surface area (Å²) in [7, 11) is 1.68. The molecule has 0 aromatic heterocycles. The molecule has 2 unspecified atom stereocenters. The minimum atomic E-state index is -0.764. The van der Waals surface area contributed by atoms with Crippen LogP contribution in [0.25, 0.3) is 0 Å². The highest BCUT2D eigenvalue weighted by Gasteiger charge is 2.29. The van der Waals surface area contributed by atoms with E-state index < -0.39 is 5.54 Å². The molecule has 0 radical (unpaired) electrons. The summed E-state index contributed by atoms with van der Waals surface area (Å²) in [6.45, 7) is 6.49. The van der Waals surface area contributed by atoms with Gasteiger partial charge in [0.15, 0.2) is 0 Å². The lowest BCUT2D eigenvalue weighted by molar-refractivity contribution is -0.126. The topological polar surface area (TPSA) is 67.6 Å². The lowest BCUT2D eigenvalue weighted by atomic mass is 9.96. The third-order valence-electron chi connectivity index (χ3n) is 4.54. The standard InChI is InChI=1S/C18H29N3O2/c1-4-9-18(2,19)17(22)20-12-14-8-10-21(13-14)15-6-5-7-16(11-15)23-3/h5-7,11,14H,4,8-10,12-13,19H2,1-3H3,(H,20,22). The van der Waals surface area contributed by atoms with Crippen LogP contribution in [0, 0.1) is 5.92 Å². The maximum atomic E-state index is 12.2. The number of carbonyl (C=O) groups excluding carboxylic acids is 1. The van der Waals surface area contributed by atoms with E-state index in [4.69, 9.17) is 10.5 Å². The SMILES string of the molecule is CCCC(C)(N)C(=O)NCC1CCN(c2cccc(OC)c2)C1. The van der Waals surface area contributed by atoms with Gasteiger partial charge in [0.05, 0.1) is 12.6 Å². The van der Waals surface area contributed by atoms with Gasteiger partial charge in [0.2, 0.25) is 5.91 Å². The number of carbonyl (C=O) groups is 1. The van der Waals surface area contributed by atoms with E-state index in [0.29, 0.717) is 18.9 Å². The third-order valence-corrected chi connectivity index (χ3v) is 4.54. The number of nitrogens with zero attached hydrogens (tertiary/aromatic N) is 1. The fraction of sp³-hybridized carbons (Fsp3) is 0.611. The molecule has 1 aliphatic heterocycles. The zero-order valence-corrected chi connectivity index (χ0v) is 14.5. The molecule has 128 valence electrons. The maximum absolute atomic E-state index is 12.2. The van der Waals surface area contributed by atoms with E-state index in [1.54, 1.807) is 7.11 Å². The first kappa shape index (κ1) is 17.6. The van der Waals surface area contributed by atoms with Gasteiger partial charge >= 0.3 is 0 Å². The van der Waals surface area contributed by atoms with E-state index in [9.17, 15) is 4.79 Å². The van der Waals surface area contributed by atoms with E-state index in [1.165, 1.54) is 5.69 Å². The summed E-state index contributed by atoms with van der Waals surface area (Å²) in [5.41, 5.74) is 6.48. The molecule has 1 saturated heterocycles. The minimum Gasteiger partial charge on any atom is -0.497 e. The van der Waals surface area contributed by atoms with Gasteiger partial charge in [-0.3, -0.25) is 4.79 Å². The zero-order chi connectivity index (χ0) is 16.9. The van der Waals surface area contributed by atoms with Crippen molar-refractivity contribution in [2.75, 3.05) is 31.6 Å². The second-order valence-corrected chi connectivity index (χ2v) is 6.68. The van der Waals surface area contributed by atoms with Crippen molar-refractivity contribution < 1.29 is 9.53 Å². The molecule has 5 heteroatoms. The lowest BCUT2D eigenvalue weighted by Crippen LogP contribution is -2.52. The number of benzene rings is 1.